The molecule has 0 fully saturated rings. The zero-order valence-corrected chi connectivity index (χ0v) is 14.2. The van der Waals surface area contributed by atoms with E-state index in [2.05, 4.69) is 15.6 Å². The van der Waals surface area contributed by atoms with E-state index in [4.69, 9.17) is 9.15 Å². The SMILES string of the molecule is CCOCCCNC(=O)Nc1ccc2oc(C(C)(C)C)nc2c1. The van der Waals surface area contributed by atoms with Gasteiger partial charge >= 0.3 is 6.03 Å². The van der Waals surface area contributed by atoms with Gasteiger partial charge < -0.3 is 19.8 Å². The molecule has 0 bridgehead atoms. The molecule has 0 saturated heterocycles. The van der Waals surface area contributed by atoms with E-state index in [1.807, 2.05) is 39.8 Å². The second-order valence-electron chi connectivity index (χ2n) is 6.38. The molecule has 23 heavy (non-hydrogen) atoms. The normalized spacial score (nSPS) is 11.7. The molecule has 0 radical (unpaired) electrons. The number of carbonyl (C=O) groups is 1. The van der Waals surface area contributed by atoms with E-state index in [9.17, 15) is 4.79 Å². The van der Waals surface area contributed by atoms with Crippen LogP contribution in [0.15, 0.2) is 22.6 Å². The van der Waals surface area contributed by atoms with Gasteiger partial charge in [-0.3, -0.25) is 0 Å². The summed E-state index contributed by atoms with van der Waals surface area (Å²) in [7, 11) is 0. The molecular formula is C17H25N3O3. The van der Waals surface area contributed by atoms with Gasteiger partial charge in [0.25, 0.3) is 0 Å². The Kier molecular flexibility index (Phi) is 5.60. The summed E-state index contributed by atoms with van der Waals surface area (Å²) in [5.74, 6) is 0.685. The molecule has 126 valence electrons. The van der Waals surface area contributed by atoms with Crippen molar-refractivity contribution >= 4 is 22.8 Å². The van der Waals surface area contributed by atoms with Crippen LogP contribution in [0.5, 0.6) is 0 Å². The molecule has 1 aromatic heterocycles. The van der Waals surface area contributed by atoms with Crippen molar-refractivity contribution in [3.63, 3.8) is 0 Å². The first kappa shape index (κ1) is 17.3. The Labute approximate surface area is 136 Å². The van der Waals surface area contributed by atoms with Gasteiger partial charge in [0.2, 0.25) is 5.89 Å². The van der Waals surface area contributed by atoms with Gasteiger partial charge in [-0.2, -0.15) is 0 Å². The summed E-state index contributed by atoms with van der Waals surface area (Å²) in [5.41, 5.74) is 2.00. The van der Waals surface area contributed by atoms with Gasteiger partial charge in [-0.1, -0.05) is 20.8 Å². The van der Waals surface area contributed by atoms with E-state index < -0.39 is 0 Å². The lowest BCUT2D eigenvalue weighted by Gasteiger charge is -2.11. The van der Waals surface area contributed by atoms with Crippen LogP contribution in [0, 0.1) is 0 Å². The number of rotatable bonds is 6. The van der Waals surface area contributed by atoms with Crippen LogP contribution in [0.2, 0.25) is 0 Å². The quantitative estimate of drug-likeness (QED) is 0.796. The lowest BCUT2D eigenvalue weighted by molar-refractivity contribution is 0.145. The lowest BCUT2D eigenvalue weighted by atomic mass is 9.97. The smallest absolute Gasteiger partial charge is 0.319 e. The highest BCUT2D eigenvalue weighted by Gasteiger charge is 2.21. The van der Waals surface area contributed by atoms with E-state index in [0.29, 0.717) is 31.3 Å². The number of amides is 2. The minimum atomic E-state index is -0.236. The molecule has 6 heteroatoms. The summed E-state index contributed by atoms with van der Waals surface area (Å²) in [4.78, 5) is 16.3. The maximum absolute atomic E-state index is 11.8. The number of urea groups is 1. The Morgan fingerprint density at radius 3 is 2.83 bits per heavy atom. The summed E-state index contributed by atoms with van der Waals surface area (Å²) < 4.78 is 11.0. The molecule has 2 N–H and O–H groups in total. The molecule has 0 aliphatic carbocycles. The van der Waals surface area contributed by atoms with Crippen LogP contribution in [-0.4, -0.2) is 30.8 Å². The first-order valence-corrected chi connectivity index (χ1v) is 7.94. The summed E-state index contributed by atoms with van der Waals surface area (Å²) >= 11 is 0. The third kappa shape index (κ3) is 4.96. The number of nitrogens with one attached hydrogen (secondary N) is 2. The minimum Gasteiger partial charge on any atom is -0.440 e. The average molecular weight is 319 g/mol. The molecule has 6 nitrogen and oxygen atoms in total. The summed E-state index contributed by atoms with van der Waals surface area (Å²) in [5, 5.41) is 5.59. The summed E-state index contributed by atoms with van der Waals surface area (Å²) in [6, 6.07) is 5.20. The third-order valence-electron chi connectivity index (χ3n) is 3.24. The number of fused-ring (bicyclic) bond motifs is 1. The van der Waals surface area contributed by atoms with Gasteiger partial charge in [0.15, 0.2) is 5.58 Å². The van der Waals surface area contributed by atoms with Crippen molar-refractivity contribution in [3.8, 4) is 0 Å². The lowest BCUT2D eigenvalue weighted by Crippen LogP contribution is -2.30. The maximum Gasteiger partial charge on any atom is 0.319 e. The molecule has 0 spiro atoms. The summed E-state index contributed by atoms with van der Waals surface area (Å²) in [6.07, 6.45) is 0.790. The van der Waals surface area contributed by atoms with Gasteiger partial charge in [-0.05, 0) is 31.5 Å². The van der Waals surface area contributed by atoms with Gasteiger partial charge in [0.05, 0.1) is 0 Å². The third-order valence-corrected chi connectivity index (χ3v) is 3.24. The largest absolute Gasteiger partial charge is 0.440 e. The molecule has 0 unspecified atom stereocenters. The zero-order chi connectivity index (χ0) is 16.9. The van der Waals surface area contributed by atoms with Crippen LogP contribution in [0.3, 0.4) is 0 Å². The molecule has 0 atom stereocenters. The van der Waals surface area contributed by atoms with Gasteiger partial charge in [0.1, 0.15) is 5.52 Å². The Morgan fingerprint density at radius 1 is 1.35 bits per heavy atom. The number of hydrogen-bond acceptors (Lipinski definition) is 4. The highest BCUT2D eigenvalue weighted by Crippen LogP contribution is 2.27. The highest BCUT2D eigenvalue weighted by molar-refractivity contribution is 5.91. The van der Waals surface area contributed by atoms with E-state index in [1.165, 1.54) is 0 Å². The fourth-order valence-corrected chi connectivity index (χ4v) is 2.02. The first-order valence-electron chi connectivity index (χ1n) is 7.94. The van der Waals surface area contributed by atoms with Gasteiger partial charge in [0, 0.05) is 30.9 Å². The van der Waals surface area contributed by atoms with E-state index in [-0.39, 0.29) is 11.4 Å². The molecule has 2 amide bonds. The van der Waals surface area contributed by atoms with Crippen LogP contribution < -0.4 is 10.6 Å². The molecule has 2 aromatic rings. The Hall–Kier alpha value is -2.08. The predicted octanol–water partition coefficient (Wildman–Crippen LogP) is 3.67. The molecule has 1 aromatic carbocycles. The van der Waals surface area contributed by atoms with Crippen molar-refractivity contribution in [1.29, 1.82) is 0 Å². The van der Waals surface area contributed by atoms with Crippen LogP contribution >= 0.6 is 0 Å². The Morgan fingerprint density at radius 2 is 2.13 bits per heavy atom. The second-order valence-corrected chi connectivity index (χ2v) is 6.38. The zero-order valence-electron chi connectivity index (χ0n) is 14.2. The molecule has 2 rings (SSSR count). The number of aromatic nitrogens is 1. The highest BCUT2D eigenvalue weighted by atomic mass is 16.5. The fraction of sp³-hybridized carbons (Fsp3) is 0.529. The van der Waals surface area contributed by atoms with Crippen molar-refractivity contribution < 1.29 is 13.9 Å². The van der Waals surface area contributed by atoms with Crippen molar-refractivity contribution in [2.75, 3.05) is 25.1 Å². The van der Waals surface area contributed by atoms with Crippen LogP contribution in [0.4, 0.5) is 10.5 Å². The van der Waals surface area contributed by atoms with E-state index >= 15 is 0 Å². The number of hydrogen-bond donors (Lipinski definition) is 2. The van der Waals surface area contributed by atoms with Crippen LogP contribution in [0.25, 0.3) is 11.1 Å². The molecule has 0 aliphatic heterocycles. The van der Waals surface area contributed by atoms with Gasteiger partial charge in [-0.25, -0.2) is 9.78 Å². The first-order chi connectivity index (χ1) is 10.9. The minimum absolute atomic E-state index is 0.148. The van der Waals surface area contributed by atoms with Crippen molar-refractivity contribution in [2.45, 2.75) is 39.5 Å². The number of nitrogens with zero attached hydrogens (tertiary/aromatic N) is 1. The standard InChI is InChI=1S/C17H25N3O3/c1-5-22-10-6-9-18-16(21)19-12-7-8-14-13(11-12)20-15(23-14)17(2,3)4/h7-8,11H,5-6,9-10H2,1-4H3,(H2,18,19,21). The van der Waals surface area contributed by atoms with Crippen LogP contribution in [0.1, 0.15) is 40.0 Å². The van der Waals surface area contributed by atoms with Crippen molar-refractivity contribution in [2.24, 2.45) is 0 Å². The Bertz CT molecular complexity index is 659. The van der Waals surface area contributed by atoms with Crippen LogP contribution in [-0.2, 0) is 10.2 Å². The molecule has 1 heterocycles. The number of carbonyl (C=O) groups excluding carboxylic acids is 1. The van der Waals surface area contributed by atoms with Gasteiger partial charge in [-0.15, -0.1) is 0 Å². The number of anilines is 1. The Balaban J connectivity index is 1.94. The average Bonchev–Trinajstić information content (AvgIpc) is 2.90. The van der Waals surface area contributed by atoms with E-state index in [1.54, 1.807) is 6.07 Å². The number of oxazole rings is 1. The molecule has 0 aliphatic rings. The maximum atomic E-state index is 11.8. The summed E-state index contributed by atoms with van der Waals surface area (Å²) in [6.45, 7) is 10.0. The molecular weight excluding hydrogens is 294 g/mol. The fourth-order valence-electron chi connectivity index (χ4n) is 2.02. The van der Waals surface area contributed by atoms with E-state index in [0.717, 1.165) is 17.5 Å². The second kappa shape index (κ2) is 7.46. The predicted molar refractivity (Wildman–Crippen MR) is 90.8 cm³/mol. The topological polar surface area (TPSA) is 76.4 Å². The monoisotopic (exact) mass is 319 g/mol. The molecule has 0 saturated carbocycles. The number of ether oxygens (including phenoxy) is 1. The number of benzene rings is 1. The van der Waals surface area contributed by atoms with Crippen molar-refractivity contribution in [3.05, 3.63) is 24.1 Å². The van der Waals surface area contributed by atoms with Crippen molar-refractivity contribution in [1.82, 2.24) is 10.3 Å².